The smallest absolute Gasteiger partial charge is 0.260 e. The van der Waals surface area contributed by atoms with E-state index in [4.69, 9.17) is 0 Å². The van der Waals surface area contributed by atoms with Crippen molar-refractivity contribution in [3.63, 3.8) is 0 Å². The van der Waals surface area contributed by atoms with Gasteiger partial charge < -0.3 is 5.32 Å². The lowest BCUT2D eigenvalue weighted by Gasteiger charge is -2.20. The van der Waals surface area contributed by atoms with Crippen molar-refractivity contribution in [1.29, 1.82) is 0 Å². The number of hydrogen-bond acceptors (Lipinski definition) is 5. The third kappa shape index (κ3) is 3.80. The van der Waals surface area contributed by atoms with Crippen LogP contribution in [-0.2, 0) is 4.79 Å². The Hall–Kier alpha value is -3.22. The van der Waals surface area contributed by atoms with Crippen LogP contribution in [0.15, 0.2) is 66.2 Å². The van der Waals surface area contributed by atoms with Gasteiger partial charge in [0.2, 0.25) is 0 Å². The van der Waals surface area contributed by atoms with Gasteiger partial charge >= 0.3 is 0 Å². The molecule has 1 fully saturated rings. The Labute approximate surface area is 185 Å². The monoisotopic (exact) mass is 429 g/mol. The zero-order chi connectivity index (χ0) is 21.4. The molecule has 3 aromatic rings. The molecule has 6 heteroatoms. The molecule has 2 aliphatic rings. The number of carbonyl (C=O) groups excluding carboxylic acids is 2. The molecule has 5 rings (SSSR count). The second-order valence-corrected chi connectivity index (χ2v) is 8.93. The number of benzene rings is 2. The standard InChI is InChI=1S/C25H23N3O2S/c1-28-12-2-4-22(28)16-6-9-18(10-7-16)26-15-21-20-14-17(23-5-3-13-31-23)8-11-19(20)24(29)27-25(21)30/h3,5-11,13-15,22,26H,2,4,12H2,1H3,(H,27,29,30)/b21-15-. The molecule has 2 aromatic carbocycles. The molecule has 0 aliphatic carbocycles. The van der Waals surface area contributed by atoms with Gasteiger partial charge in [0.05, 0.1) is 5.57 Å². The Balaban J connectivity index is 1.43. The molecule has 2 aliphatic heterocycles. The lowest BCUT2D eigenvalue weighted by molar-refractivity contribution is -0.114. The van der Waals surface area contributed by atoms with E-state index >= 15 is 0 Å². The number of nitrogens with zero attached hydrogens (tertiary/aromatic N) is 1. The van der Waals surface area contributed by atoms with Crippen molar-refractivity contribution in [3.8, 4) is 10.4 Å². The van der Waals surface area contributed by atoms with Gasteiger partial charge in [-0.05, 0) is 73.3 Å². The highest BCUT2D eigenvalue weighted by Crippen LogP contribution is 2.33. The minimum Gasteiger partial charge on any atom is -0.361 e. The number of fused-ring (bicyclic) bond motifs is 1. The fourth-order valence-electron chi connectivity index (χ4n) is 4.35. The predicted molar refractivity (Wildman–Crippen MR) is 125 cm³/mol. The Morgan fingerprint density at radius 3 is 2.61 bits per heavy atom. The van der Waals surface area contributed by atoms with Gasteiger partial charge in [-0.3, -0.25) is 19.8 Å². The first-order chi connectivity index (χ1) is 15.1. The van der Waals surface area contributed by atoms with Crippen molar-refractivity contribution in [1.82, 2.24) is 10.2 Å². The second kappa shape index (κ2) is 8.13. The summed E-state index contributed by atoms with van der Waals surface area (Å²) < 4.78 is 0. The van der Waals surface area contributed by atoms with Crippen LogP contribution in [0.1, 0.15) is 40.4 Å². The maximum atomic E-state index is 12.6. The molecular weight excluding hydrogens is 406 g/mol. The van der Waals surface area contributed by atoms with E-state index in [0.717, 1.165) is 22.7 Å². The SMILES string of the molecule is CN1CCCC1c1ccc(N/C=C2\C(=O)NC(=O)c3ccc(-c4cccs4)cc32)cc1. The minimum absolute atomic E-state index is 0.361. The van der Waals surface area contributed by atoms with Crippen molar-refractivity contribution >= 4 is 34.4 Å². The van der Waals surface area contributed by atoms with E-state index in [2.05, 4.69) is 34.7 Å². The minimum atomic E-state index is -0.391. The topological polar surface area (TPSA) is 61.4 Å². The van der Waals surface area contributed by atoms with Crippen LogP contribution < -0.4 is 10.6 Å². The summed E-state index contributed by atoms with van der Waals surface area (Å²) in [4.78, 5) is 28.4. The number of thiophene rings is 1. The van der Waals surface area contributed by atoms with E-state index in [1.807, 2.05) is 41.8 Å². The number of carbonyl (C=O) groups is 2. The molecule has 1 aromatic heterocycles. The first kappa shape index (κ1) is 19.7. The Kier molecular flexibility index (Phi) is 5.18. The molecule has 2 amide bonds. The summed E-state index contributed by atoms with van der Waals surface area (Å²) in [5.74, 6) is -0.752. The highest BCUT2D eigenvalue weighted by atomic mass is 32.1. The van der Waals surface area contributed by atoms with Gasteiger partial charge in [0.25, 0.3) is 11.8 Å². The van der Waals surface area contributed by atoms with Crippen molar-refractivity contribution in [3.05, 3.63) is 82.9 Å². The Bertz CT molecular complexity index is 1170. The summed E-state index contributed by atoms with van der Waals surface area (Å²) in [6.45, 7) is 1.14. The number of anilines is 1. The van der Waals surface area contributed by atoms with Crippen LogP contribution in [0.25, 0.3) is 16.0 Å². The molecule has 0 saturated carbocycles. The third-order valence-electron chi connectivity index (χ3n) is 6.03. The van der Waals surface area contributed by atoms with Crippen LogP contribution in [0.5, 0.6) is 0 Å². The van der Waals surface area contributed by atoms with Gasteiger partial charge in [-0.15, -0.1) is 11.3 Å². The number of amides is 2. The first-order valence-corrected chi connectivity index (χ1v) is 11.3. The molecule has 1 unspecified atom stereocenters. The first-order valence-electron chi connectivity index (χ1n) is 10.4. The molecule has 1 saturated heterocycles. The number of nitrogens with one attached hydrogen (secondary N) is 2. The van der Waals surface area contributed by atoms with Crippen LogP contribution in [0.2, 0.25) is 0 Å². The summed E-state index contributed by atoms with van der Waals surface area (Å²) >= 11 is 1.63. The molecule has 1 atom stereocenters. The number of likely N-dealkylation sites (tertiary alicyclic amines) is 1. The van der Waals surface area contributed by atoms with Crippen LogP contribution in [-0.4, -0.2) is 30.3 Å². The summed E-state index contributed by atoms with van der Waals surface area (Å²) in [5.41, 5.74) is 4.81. The summed E-state index contributed by atoms with van der Waals surface area (Å²) in [6.07, 6.45) is 4.11. The van der Waals surface area contributed by atoms with Gasteiger partial charge in [0.15, 0.2) is 0 Å². The average molecular weight is 430 g/mol. The predicted octanol–water partition coefficient (Wildman–Crippen LogP) is 4.90. The van der Waals surface area contributed by atoms with Gasteiger partial charge in [0.1, 0.15) is 0 Å². The molecule has 0 spiro atoms. The van der Waals surface area contributed by atoms with Crippen LogP contribution in [0, 0.1) is 0 Å². The van der Waals surface area contributed by atoms with Crippen LogP contribution in [0.3, 0.4) is 0 Å². The molecule has 0 radical (unpaired) electrons. The highest BCUT2D eigenvalue weighted by Gasteiger charge is 2.28. The van der Waals surface area contributed by atoms with Gasteiger partial charge in [0, 0.05) is 33.9 Å². The number of hydrogen-bond donors (Lipinski definition) is 2. The quantitative estimate of drug-likeness (QED) is 0.457. The largest absolute Gasteiger partial charge is 0.361 e. The molecule has 31 heavy (non-hydrogen) atoms. The normalized spacial score (nSPS) is 20.0. The van der Waals surface area contributed by atoms with Crippen molar-refractivity contribution in [2.45, 2.75) is 18.9 Å². The van der Waals surface area contributed by atoms with Gasteiger partial charge in [-0.2, -0.15) is 0 Å². The molecule has 156 valence electrons. The average Bonchev–Trinajstić information content (AvgIpc) is 3.46. The van der Waals surface area contributed by atoms with E-state index in [0.29, 0.717) is 22.7 Å². The van der Waals surface area contributed by atoms with E-state index in [1.165, 1.54) is 18.4 Å². The van der Waals surface area contributed by atoms with E-state index in [-0.39, 0.29) is 5.91 Å². The summed E-state index contributed by atoms with van der Waals surface area (Å²) in [5, 5.41) is 7.69. The summed E-state index contributed by atoms with van der Waals surface area (Å²) in [7, 11) is 2.17. The maximum Gasteiger partial charge on any atom is 0.260 e. The Morgan fingerprint density at radius 2 is 1.90 bits per heavy atom. The van der Waals surface area contributed by atoms with Gasteiger partial charge in [-0.1, -0.05) is 24.3 Å². The van der Waals surface area contributed by atoms with Crippen LogP contribution in [0.4, 0.5) is 5.69 Å². The van der Waals surface area contributed by atoms with E-state index in [9.17, 15) is 9.59 Å². The highest BCUT2D eigenvalue weighted by molar-refractivity contribution is 7.13. The van der Waals surface area contributed by atoms with E-state index < -0.39 is 5.91 Å². The second-order valence-electron chi connectivity index (χ2n) is 7.98. The lowest BCUT2D eigenvalue weighted by Crippen LogP contribution is -2.36. The fraction of sp³-hybridized carbons (Fsp3) is 0.200. The molecular formula is C25H23N3O2S. The lowest BCUT2D eigenvalue weighted by atomic mass is 9.93. The molecule has 0 bridgehead atoms. The van der Waals surface area contributed by atoms with Crippen LogP contribution >= 0.6 is 11.3 Å². The zero-order valence-electron chi connectivity index (χ0n) is 17.2. The Morgan fingerprint density at radius 1 is 1.06 bits per heavy atom. The number of imide groups is 1. The fourth-order valence-corrected chi connectivity index (χ4v) is 5.08. The molecule has 5 nitrogen and oxygen atoms in total. The number of rotatable bonds is 4. The van der Waals surface area contributed by atoms with E-state index in [1.54, 1.807) is 23.6 Å². The zero-order valence-corrected chi connectivity index (χ0v) is 18.0. The third-order valence-corrected chi connectivity index (χ3v) is 6.95. The molecule has 2 N–H and O–H groups in total. The maximum absolute atomic E-state index is 12.6. The van der Waals surface area contributed by atoms with Crippen molar-refractivity contribution in [2.75, 3.05) is 18.9 Å². The van der Waals surface area contributed by atoms with Gasteiger partial charge in [-0.25, -0.2) is 0 Å². The summed E-state index contributed by atoms with van der Waals surface area (Å²) in [6, 6.07) is 18.5. The molecule has 3 heterocycles. The van der Waals surface area contributed by atoms with Crippen molar-refractivity contribution in [2.24, 2.45) is 0 Å². The van der Waals surface area contributed by atoms with Crippen molar-refractivity contribution < 1.29 is 9.59 Å².